The van der Waals surface area contributed by atoms with E-state index in [1.807, 2.05) is 0 Å². The zero-order valence-corrected chi connectivity index (χ0v) is 4.31. The molecule has 1 aliphatic rings. The van der Waals surface area contributed by atoms with Crippen LogP contribution in [0, 0.1) is 0 Å². The molecule has 1 heterocycles. The van der Waals surface area contributed by atoms with Crippen LogP contribution in [0.4, 0.5) is 0 Å². The van der Waals surface area contributed by atoms with Crippen molar-refractivity contribution in [1.29, 1.82) is 0 Å². The number of hydrogen-bond donors (Lipinski definition) is 1. The van der Waals surface area contributed by atoms with Crippen molar-refractivity contribution in [3.8, 4) is 0 Å². The van der Waals surface area contributed by atoms with Crippen LogP contribution in [0.3, 0.4) is 0 Å². The third-order valence-electron chi connectivity index (χ3n) is 0.892. The molecule has 0 aromatic rings. The van der Waals surface area contributed by atoms with Crippen LogP contribution < -0.4 is 5.39 Å². The fourth-order valence-corrected chi connectivity index (χ4v) is 0.449. The molecule has 0 saturated carbocycles. The van der Waals surface area contributed by atoms with Crippen molar-refractivity contribution in [3.63, 3.8) is 0 Å². The van der Waals surface area contributed by atoms with Crippen LogP contribution in [0.15, 0.2) is 0 Å². The van der Waals surface area contributed by atoms with Crippen molar-refractivity contribution in [2.24, 2.45) is 0 Å². The molecular formula is C3H8BNO2. The SMILES string of the molecule is BNOC1COC1. The molecular weight excluding hydrogens is 92.8 g/mol. The number of rotatable bonds is 2. The van der Waals surface area contributed by atoms with Crippen LogP contribution in [0.25, 0.3) is 0 Å². The first-order valence-corrected chi connectivity index (χ1v) is 2.33. The lowest BCUT2D eigenvalue weighted by atomic mass is 10.3. The highest BCUT2D eigenvalue weighted by atomic mass is 16.7. The Hall–Kier alpha value is -0.0551. The van der Waals surface area contributed by atoms with Gasteiger partial charge in [-0.25, -0.2) is 0 Å². The van der Waals surface area contributed by atoms with Crippen molar-refractivity contribution in [2.75, 3.05) is 13.2 Å². The van der Waals surface area contributed by atoms with Crippen LogP contribution in [0.5, 0.6) is 0 Å². The lowest BCUT2D eigenvalue weighted by Gasteiger charge is -2.24. The lowest BCUT2D eigenvalue weighted by Crippen LogP contribution is -2.39. The Bertz CT molecular complexity index is 56.9. The Kier molecular flexibility index (Phi) is 1.67. The van der Waals surface area contributed by atoms with E-state index < -0.39 is 0 Å². The summed E-state index contributed by atoms with van der Waals surface area (Å²) in [5.41, 5.74) is 0. The van der Waals surface area contributed by atoms with Crippen LogP contribution >= 0.6 is 0 Å². The monoisotopic (exact) mass is 101 g/mol. The molecule has 1 rings (SSSR count). The second kappa shape index (κ2) is 2.30. The van der Waals surface area contributed by atoms with E-state index in [-0.39, 0.29) is 0 Å². The van der Waals surface area contributed by atoms with Gasteiger partial charge in [-0.1, -0.05) is 0 Å². The van der Waals surface area contributed by atoms with Crippen LogP contribution in [0.1, 0.15) is 0 Å². The highest BCUT2D eigenvalue weighted by molar-refractivity contribution is 6.03. The maximum absolute atomic E-state index is 4.90. The minimum Gasteiger partial charge on any atom is -0.376 e. The minimum absolute atomic E-state index is 0.296. The second-order valence-corrected chi connectivity index (χ2v) is 1.48. The highest BCUT2D eigenvalue weighted by Crippen LogP contribution is 2.01. The molecule has 0 aliphatic carbocycles. The summed E-state index contributed by atoms with van der Waals surface area (Å²) < 4.78 is 4.82. The molecule has 0 atom stereocenters. The first kappa shape index (κ1) is 5.09. The van der Waals surface area contributed by atoms with Gasteiger partial charge in [0.1, 0.15) is 6.10 Å². The van der Waals surface area contributed by atoms with Crippen molar-refractivity contribution in [2.45, 2.75) is 6.10 Å². The van der Waals surface area contributed by atoms with E-state index in [2.05, 4.69) is 5.39 Å². The fraction of sp³-hybridized carbons (Fsp3) is 1.00. The average Bonchev–Trinajstić information content (AvgIpc) is 1.55. The summed E-state index contributed by atoms with van der Waals surface area (Å²) in [6.07, 6.45) is 0.296. The zero-order chi connectivity index (χ0) is 5.11. The smallest absolute Gasteiger partial charge is 0.216 e. The van der Waals surface area contributed by atoms with Gasteiger partial charge < -0.3 is 9.57 Å². The first-order valence-electron chi connectivity index (χ1n) is 2.33. The maximum atomic E-state index is 4.90. The molecule has 7 heavy (non-hydrogen) atoms. The van der Waals surface area contributed by atoms with Gasteiger partial charge in [0, 0.05) is 0 Å². The van der Waals surface area contributed by atoms with E-state index in [1.54, 1.807) is 7.98 Å². The van der Waals surface area contributed by atoms with Gasteiger partial charge in [0.2, 0.25) is 7.98 Å². The maximum Gasteiger partial charge on any atom is 0.216 e. The van der Waals surface area contributed by atoms with Gasteiger partial charge in [0.25, 0.3) is 0 Å². The second-order valence-electron chi connectivity index (χ2n) is 1.48. The van der Waals surface area contributed by atoms with Gasteiger partial charge >= 0.3 is 0 Å². The summed E-state index contributed by atoms with van der Waals surface area (Å²) in [6, 6.07) is 0. The molecule has 4 heteroatoms. The lowest BCUT2D eigenvalue weighted by molar-refractivity contribution is -0.145. The summed E-state index contributed by atoms with van der Waals surface area (Å²) >= 11 is 0. The predicted octanol–water partition coefficient (Wildman–Crippen LogP) is -1.55. The summed E-state index contributed by atoms with van der Waals surface area (Å²) in [6.45, 7) is 1.47. The van der Waals surface area contributed by atoms with Gasteiger partial charge in [-0.15, -0.1) is 0 Å². The van der Waals surface area contributed by atoms with E-state index in [9.17, 15) is 0 Å². The average molecular weight is 101 g/mol. The minimum atomic E-state index is 0.296. The van der Waals surface area contributed by atoms with Gasteiger partial charge in [0.05, 0.1) is 13.2 Å². The van der Waals surface area contributed by atoms with Crippen LogP contribution in [-0.2, 0) is 9.57 Å². The number of ether oxygens (including phenoxy) is 1. The van der Waals surface area contributed by atoms with Crippen LogP contribution in [0.2, 0.25) is 0 Å². The predicted molar refractivity (Wildman–Crippen MR) is 27.4 cm³/mol. The molecule has 1 saturated heterocycles. The molecule has 0 amide bonds. The van der Waals surface area contributed by atoms with Crippen molar-refractivity contribution in [1.82, 2.24) is 5.39 Å². The normalized spacial score (nSPS) is 21.7. The molecule has 0 aromatic carbocycles. The largest absolute Gasteiger partial charge is 0.376 e. The molecule has 0 bridgehead atoms. The van der Waals surface area contributed by atoms with Crippen molar-refractivity contribution in [3.05, 3.63) is 0 Å². The van der Waals surface area contributed by atoms with Gasteiger partial charge in [0.15, 0.2) is 0 Å². The van der Waals surface area contributed by atoms with E-state index in [0.29, 0.717) is 6.10 Å². The van der Waals surface area contributed by atoms with E-state index in [4.69, 9.17) is 9.57 Å². The summed E-state index contributed by atoms with van der Waals surface area (Å²) in [5, 5.41) is 2.59. The Morgan fingerprint density at radius 1 is 1.71 bits per heavy atom. The third kappa shape index (κ3) is 1.16. The molecule has 0 unspecified atom stereocenters. The summed E-state index contributed by atoms with van der Waals surface area (Å²) in [7, 11) is 1.75. The van der Waals surface area contributed by atoms with E-state index >= 15 is 0 Å². The van der Waals surface area contributed by atoms with Gasteiger partial charge in [-0.05, 0) is 0 Å². The first-order chi connectivity index (χ1) is 3.43. The molecule has 0 spiro atoms. The molecule has 1 fully saturated rings. The number of hydrogen-bond acceptors (Lipinski definition) is 3. The molecule has 0 radical (unpaired) electrons. The molecule has 1 aliphatic heterocycles. The van der Waals surface area contributed by atoms with Gasteiger partial charge in [-0.2, -0.15) is 0 Å². The van der Waals surface area contributed by atoms with E-state index in [0.717, 1.165) is 13.2 Å². The van der Waals surface area contributed by atoms with Crippen molar-refractivity contribution < 1.29 is 9.57 Å². The fourth-order valence-electron chi connectivity index (χ4n) is 0.449. The topological polar surface area (TPSA) is 30.5 Å². The van der Waals surface area contributed by atoms with Crippen molar-refractivity contribution >= 4 is 7.98 Å². The Balaban J connectivity index is 1.93. The molecule has 1 N–H and O–H groups in total. The Morgan fingerprint density at radius 2 is 2.43 bits per heavy atom. The zero-order valence-electron chi connectivity index (χ0n) is 4.31. The molecule has 3 nitrogen and oxygen atoms in total. The van der Waals surface area contributed by atoms with Gasteiger partial charge in [-0.3, -0.25) is 5.39 Å². The molecule has 40 valence electrons. The number of nitrogens with one attached hydrogen (secondary N) is 1. The van der Waals surface area contributed by atoms with E-state index in [1.165, 1.54) is 0 Å². The quantitative estimate of drug-likeness (QED) is 0.337. The Morgan fingerprint density at radius 3 is 2.57 bits per heavy atom. The standard InChI is InChI=1S/C3H8BNO2/c4-5-7-3-1-6-2-3/h3,5H,1-2,4H2. The highest BCUT2D eigenvalue weighted by Gasteiger charge is 2.17. The van der Waals surface area contributed by atoms with Crippen LogP contribution in [-0.4, -0.2) is 27.3 Å². The Labute approximate surface area is 43.4 Å². The summed E-state index contributed by atoms with van der Waals surface area (Å²) in [4.78, 5) is 4.90. The third-order valence-corrected chi connectivity index (χ3v) is 0.892. The summed E-state index contributed by atoms with van der Waals surface area (Å²) in [5.74, 6) is 0. The molecule has 0 aromatic heterocycles.